The zero-order chi connectivity index (χ0) is 30.6. The number of hydrogen-bond acceptors (Lipinski definition) is 15. The summed E-state index contributed by atoms with van der Waals surface area (Å²) in [5, 5.41) is 114. The molecule has 232 valence electrons. The Morgan fingerprint density at radius 2 is 1.36 bits per heavy atom. The quantitative estimate of drug-likeness (QED) is 0.176. The second kappa shape index (κ2) is 11.6. The van der Waals surface area contributed by atoms with Crippen molar-refractivity contribution in [3.05, 3.63) is 41.0 Å². The van der Waals surface area contributed by atoms with Crippen LogP contribution in [0.4, 0.5) is 0 Å². The van der Waals surface area contributed by atoms with Crippen LogP contribution in [-0.4, -0.2) is 124 Å². The number of phenols is 4. The highest BCUT2D eigenvalue weighted by Gasteiger charge is 2.48. The van der Waals surface area contributed by atoms with Gasteiger partial charge in [0.15, 0.2) is 12.4 Å². The number of aliphatic hydroxyl groups is 7. The first kappa shape index (κ1) is 30.5. The second-order valence-electron chi connectivity index (χ2n) is 10.8. The maximum atomic E-state index is 10.9. The third-order valence-electron chi connectivity index (χ3n) is 7.90. The van der Waals surface area contributed by atoms with Crippen molar-refractivity contribution >= 4 is 0 Å². The van der Waals surface area contributed by atoms with Gasteiger partial charge >= 0.3 is 0 Å². The van der Waals surface area contributed by atoms with E-state index in [1.54, 1.807) is 0 Å². The molecule has 42 heavy (non-hydrogen) atoms. The van der Waals surface area contributed by atoms with Gasteiger partial charge in [-0.1, -0.05) is 0 Å². The molecule has 2 fully saturated rings. The van der Waals surface area contributed by atoms with Gasteiger partial charge < -0.3 is 75.1 Å². The Morgan fingerprint density at radius 1 is 0.714 bits per heavy atom. The number of benzene rings is 2. The normalized spacial score (nSPS) is 38.5. The summed E-state index contributed by atoms with van der Waals surface area (Å²) in [6.07, 6.45) is -17.8. The Balaban J connectivity index is 1.36. The van der Waals surface area contributed by atoms with Crippen LogP contribution in [-0.2, 0) is 20.6 Å². The standard InChI is InChI=1S/C27H34O15/c1-8-19(33)21(35)24(38)27(40-8)39-7-17-20(34)22(36)23(37)26(42-17)18-13(30)2-9(3-14(18)31)25-15(32)6-11-12(29)4-10(28)5-16(11)41-25/h2-5,8,15,17,19-38H,6-7H2,1H3/t8-,15+,17+,19-,20+,21+,22-,23+,24+,25+,26-,27+/m0/s1. The number of hydrogen-bond donors (Lipinski definition) is 11. The fourth-order valence-electron chi connectivity index (χ4n) is 5.52. The van der Waals surface area contributed by atoms with Gasteiger partial charge in [-0.3, -0.25) is 0 Å². The topological polar surface area (TPSA) is 259 Å². The lowest BCUT2D eigenvalue weighted by Crippen LogP contribution is -2.59. The molecule has 0 aliphatic carbocycles. The van der Waals surface area contributed by atoms with Gasteiger partial charge in [0.25, 0.3) is 0 Å². The van der Waals surface area contributed by atoms with Gasteiger partial charge in [0.1, 0.15) is 77.6 Å². The van der Waals surface area contributed by atoms with E-state index in [-0.39, 0.29) is 40.4 Å². The average molecular weight is 599 g/mol. The van der Waals surface area contributed by atoms with Crippen molar-refractivity contribution < 1.29 is 75.1 Å². The minimum Gasteiger partial charge on any atom is -0.508 e. The minimum absolute atomic E-state index is 0.0697. The van der Waals surface area contributed by atoms with E-state index in [2.05, 4.69) is 0 Å². The SMILES string of the molecule is C[C@@H]1O[C@@H](OC[C@H]2O[C@@H](c3c(O)cc([C@H]4Oc5cc(O)cc(O)c5C[C@H]4O)cc3O)[C@H](O)[C@@H](O)[C@@H]2O)[C@H](O)[C@H](O)[C@H]1O. The van der Waals surface area contributed by atoms with Gasteiger partial charge in [0.2, 0.25) is 0 Å². The molecule has 3 heterocycles. The maximum Gasteiger partial charge on any atom is 0.186 e. The summed E-state index contributed by atoms with van der Waals surface area (Å²) in [5.74, 6) is -1.71. The third kappa shape index (κ3) is 5.44. The summed E-state index contributed by atoms with van der Waals surface area (Å²) < 4.78 is 22.3. The van der Waals surface area contributed by atoms with Gasteiger partial charge in [0, 0.05) is 29.7 Å². The van der Waals surface area contributed by atoms with Crippen molar-refractivity contribution in [2.45, 2.75) is 86.8 Å². The summed E-state index contributed by atoms with van der Waals surface area (Å²) in [7, 11) is 0. The number of ether oxygens (including phenoxy) is 4. The molecule has 0 unspecified atom stereocenters. The van der Waals surface area contributed by atoms with Gasteiger partial charge in [-0.15, -0.1) is 0 Å². The zero-order valence-electron chi connectivity index (χ0n) is 22.2. The molecule has 0 saturated carbocycles. The molecule has 11 N–H and O–H groups in total. The molecule has 0 spiro atoms. The van der Waals surface area contributed by atoms with Crippen LogP contribution < -0.4 is 4.74 Å². The Labute approximate surface area is 238 Å². The monoisotopic (exact) mass is 598 g/mol. The molecule has 0 bridgehead atoms. The van der Waals surface area contributed by atoms with Crippen LogP contribution in [0.2, 0.25) is 0 Å². The van der Waals surface area contributed by atoms with Crippen molar-refractivity contribution in [3.8, 4) is 28.7 Å². The fraction of sp³-hybridized carbons (Fsp3) is 0.556. The highest BCUT2D eigenvalue weighted by atomic mass is 16.7. The summed E-state index contributed by atoms with van der Waals surface area (Å²) in [5.41, 5.74) is -0.00413. The lowest BCUT2D eigenvalue weighted by Gasteiger charge is -2.43. The van der Waals surface area contributed by atoms with E-state index >= 15 is 0 Å². The van der Waals surface area contributed by atoms with E-state index in [1.807, 2.05) is 0 Å². The van der Waals surface area contributed by atoms with Gasteiger partial charge in [-0.05, 0) is 19.1 Å². The lowest BCUT2D eigenvalue weighted by molar-refractivity contribution is -0.308. The molecule has 2 aromatic rings. The molecule has 5 rings (SSSR count). The second-order valence-corrected chi connectivity index (χ2v) is 10.8. The zero-order valence-corrected chi connectivity index (χ0v) is 22.2. The predicted molar refractivity (Wildman–Crippen MR) is 137 cm³/mol. The van der Waals surface area contributed by atoms with Crippen molar-refractivity contribution in [1.82, 2.24) is 0 Å². The molecule has 0 aromatic heterocycles. The molecule has 15 heteroatoms. The highest BCUT2D eigenvalue weighted by molar-refractivity contribution is 5.53. The molecular weight excluding hydrogens is 564 g/mol. The van der Waals surface area contributed by atoms with E-state index < -0.39 is 91.5 Å². The van der Waals surface area contributed by atoms with E-state index in [1.165, 1.54) is 13.0 Å². The lowest BCUT2D eigenvalue weighted by atomic mass is 9.88. The van der Waals surface area contributed by atoms with E-state index in [4.69, 9.17) is 18.9 Å². The van der Waals surface area contributed by atoms with Crippen LogP contribution in [0.25, 0.3) is 0 Å². The summed E-state index contributed by atoms with van der Waals surface area (Å²) in [4.78, 5) is 0. The molecule has 2 aromatic carbocycles. The number of rotatable bonds is 5. The minimum atomic E-state index is -1.83. The number of fused-ring (bicyclic) bond motifs is 1. The van der Waals surface area contributed by atoms with Crippen molar-refractivity contribution in [3.63, 3.8) is 0 Å². The molecule has 12 atom stereocenters. The van der Waals surface area contributed by atoms with E-state index in [0.29, 0.717) is 0 Å². The molecule has 15 nitrogen and oxygen atoms in total. The highest BCUT2D eigenvalue weighted by Crippen LogP contribution is 2.46. The van der Waals surface area contributed by atoms with Gasteiger partial charge in [0.05, 0.1) is 24.4 Å². The largest absolute Gasteiger partial charge is 0.508 e. The fourth-order valence-corrected chi connectivity index (χ4v) is 5.52. The van der Waals surface area contributed by atoms with Crippen LogP contribution in [0.1, 0.15) is 35.8 Å². The van der Waals surface area contributed by atoms with Crippen molar-refractivity contribution in [1.29, 1.82) is 0 Å². The van der Waals surface area contributed by atoms with Crippen LogP contribution in [0.3, 0.4) is 0 Å². The van der Waals surface area contributed by atoms with E-state index in [0.717, 1.165) is 18.2 Å². The van der Waals surface area contributed by atoms with Crippen LogP contribution in [0, 0.1) is 0 Å². The smallest absolute Gasteiger partial charge is 0.186 e. The average Bonchev–Trinajstić information content (AvgIpc) is 2.93. The molecular formula is C27H34O15. The summed E-state index contributed by atoms with van der Waals surface area (Å²) in [6, 6.07) is 4.61. The predicted octanol–water partition coefficient (Wildman–Crippen LogP) is -2.09. The number of phenolic OH excluding ortho intramolecular Hbond substituents is 4. The first-order chi connectivity index (χ1) is 19.8. The molecule has 3 aliphatic rings. The first-order valence-corrected chi connectivity index (χ1v) is 13.2. The summed E-state index contributed by atoms with van der Waals surface area (Å²) >= 11 is 0. The first-order valence-electron chi connectivity index (χ1n) is 13.2. The Morgan fingerprint density at radius 3 is 2.02 bits per heavy atom. The van der Waals surface area contributed by atoms with Gasteiger partial charge in [-0.2, -0.15) is 0 Å². The third-order valence-corrected chi connectivity index (χ3v) is 7.90. The Hall–Kier alpha value is -2.96. The Bertz CT molecular complexity index is 1270. The summed E-state index contributed by atoms with van der Waals surface area (Å²) in [6.45, 7) is 0.900. The van der Waals surface area contributed by atoms with Crippen LogP contribution in [0.15, 0.2) is 24.3 Å². The van der Waals surface area contributed by atoms with Crippen LogP contribution >= 0.6 is 0 Å². The maximum absolute atomic E-state index is 10.9. The molecule has 0 radical (unpaired) electrons. The number of aliphatic hydroxyl groups excluding tert-OH is 7. The van der Waals surface area contributed by atoms with Crippen molar-refractivity contribution in [2.75, 3.05) is 6.61 Å². The Kier molecular flexibility index (Phi) is 8.43. The van der Waals surface area contributed by atoms with Crippen molar-refractivity contribution in [2.24, 2.45) is 0 Å². The van der Waals surface area contributed by atoms with Crippen LogP contribution in [0.5, 0.6) is 28.7 Å². The molecule has 2 saturated heterocycles. The van der Waals surface area contributed by atoms with Gasteiger partial charge in [-0.25, -0.2) is 0 Å². The molecule has 0 amide bonds. The van der Waals surface area contributed by atoms with E-state index in [9.17, 15) is 56.2 Å². The number of aromatic hydroxyl groups is 4. The molecule has 3 aliphatic heterocycles.